The SMILES string of the molecule is O=C1CN(CCO)CC(Cl)N1. The smallest absolute Gasteiger partial charge is 0.235 e. The second-order valence-corrected chi connectivity index (χ2v) is 3.02. The van der Waals surface area contributed by atoms with E-state index in [0.29, 0.717) is 19.6 Å². The van der Waals surface area contributed by atoms with Gasteiger partial charge in [-0.25, -0.2) is 0 Å². The van der Waals surface area contributed by atoms with Crippen LogP contribution in [0.1, 0.15) is 0 Å². The van der Waals surface area contributed by atoms with Crippen molar-refractivity contribution in [3.8, 4) is 0 Å². The normalized spacial score (nSPS) is 26.7. The Morgan fingerprint density at radius 1 is 1.82 bits per heavy atom. The maximum absolute atomic E-state index is 10.8. The second-order valence-electron chi connectivity index (χ2n) is 2.49. The van der Waals surface area contributed by atoms with Gasteiger partial charge >= 0.3 is 0 Å². The number of carbonyl (C=O) groups excluding carboxylic acids is 1. The van der Waals surface area contributed by atoms with Crippen LogP contribution in [0.4, 0.5) is 0 Å². The van der Waals surface area contributed by atoms with Crippen LogP contribution in [0.15, 0.2) is 0 Å². The van der Waals surface area contributed by atoms with Gasteiger partial charge in [-0.15, -0.1) is 0 Å². The molecule has 4 nitrogen and oxygen atoms in total. The minimum absolute atomic E-state index is 0.0664. The fourth-order valence-electron chi connectivity index (χ4n) is 1.07. The van der Waals surface area contributed by atoms with Gasteiger partial charge in [0.2, 0.25) is 5.91 Å². The van der Waals surface area contributed by atoms with Crippen LogP contribution >= 0.6 is 11.6 Å². The van der Waals surface area contributed by atoms with Crippen LogP contribution in [-0.4, -0.2) is 47.7 Å². The molecular formula is C6H11ClN2O2. The zero-order valence-corrected chi connectivity index (χ0v) is 6.84. The monoisotopic (exact) mass is 178 g/mol. The lowest BCUT2D eigenvalue weighted by Gasteiger charge is -2.28. The van der Waals surface area contributed by atoms with Gasteiger partial charge in [-0.1, -0.05) is 11.6 Å². The van der Waals surface area contributed by atoms with Gasteiger partial charge in [0.1, 0.15) is 5.50 Å². The van der Waals surface area contributed by atoms with Crippen molar-refractivity contribution in [1.82, 2.24) is 10.2 Å². The predicted molar refractivity (Wildman–Crippen MR) is 41.3 cm³/mol. The lowest BCUT2D eigenvalue weighted by Crippen LogP contribution is -2.52. The Kier molecular flexibility index (Phi) is 3.11. The minimum atomic E-state index is -0.317. The average Bonchev–Trinajstić information content (AvgIpc) is 1.85. The number of carbonyl (C=O) groups is 1. The van der Waals surface area contributed by atoms with E-state index in [4.69, 9.17) is 16.7 Å². The molecule has 0 aromatic carbocycles. The van der Waals surface area contributed by atoms with E-state index in [-0.39, 0.29) is 18.0 Å². The number of amides is 1. The third kappa shape index (κ3) is 2.65. The molecule has 1 saturated heterocycles. The molecule has 0 spiro atoms. The largest absolute Gasteiger partial charge is 0.395 e. The number of halogens is 1. The molecular weight excluding hydrogens is 168 g/mol. The molecule has 0 aromatic rings. The Balaban J connectivity index is 2.36. The number of hydrogen-bond acceptors (Lipinski definition) is 3. The summed E-state index contributed by atoms with van der Waals surface area (Å²) < 4.78 is 0. The Labute approximate surface area is 70.1 Å². The molecule has 1 heterocycles. The van der Waals surface area contributed by atoms with E-state index < -0.39 is 0 Å². The van der Waals surface area contributed by atoms with Crippen molar-refractivity contribution in [2.45, 2.75) is 5.50 Å². The standard InChI is InChI=1S/C6H11ClN2O2/c7-5-3-9(1-2-10)4-6(11)8-5/h5,10H,1-4H2,(H,8,11). The highest BCUT2D eigenvalue weighted by Gasteiger charge is 2.21. The van der Waals surface area contributed by atoms with Crippen molar-refractivity contribution < 1.29 is 9.90 Å². The van der Waals surface area contributed by atoms with Crippen molar-refractivity contribution >= 4 is 17.5 Å². The molecule has 1 amide bonds. The average molecular weight is 179 g/mol. The molecule has 1 aliphatic heterocycles. The van der Waals surface area contributed by atoms with E-state index in [9.17, 15) is 4.79 Å². The molecule has 1 unspecified atom stereocenters. The summed E-state index contributed by atoms with van der Waals surface area (Å²) in [6.45, 7) is 1.52. The van der Waals surface area contributed by atoms with Crippen LogP contribution in [-0.2, 0) is 4.79 Å². The second kappa shape index (κ2) is 3.90. The minimum Gasteiger partial charge on any atom is -0.395 e. The van der Waals surface area contributed by atoms with Crippen LogP contribution < -0.4 is 5.32 Å². The number of hydrogen-bond donors (Lipinski definition) is 2. The van der Waals surface area contributed by atoms with Gasteiger partial charge < -0.3 is 10.4 Å². The molecule has 2 N–H and O–H groups in total. The highest BCUT2D eigenvalue weighted by molar-refractivity contribution is 6.21. The first-order valence-electron chi connectivity index (χ1n) is 3.49. The summed E-state index contributed by atoms with van der Waals surface area (Å²) in [6, 6.07) is 0. The summed E-state index contributed by atoms with van der Waals surface area (Å²) in [5.41, 5.74) is -0.317. The number of aliphatic hydroxyl groups is 1. The molecule has 1 aliphatic rings. The highest BCUT2D eigenvalue weighted by atomic mass is 35.5. The summed E-state index contributed by atoms with van der Waals surface area (Å²) in [5.74, 6) is -0.0790. The van der Waals surface area contributed by atoms with E-state index in [0.717, 1.165) is 0 Å². The number of β-amino-alcohol motifs (C(OH)–C–C–N with tert-alkyl or cyclic N) is 1. The zero-order valence-electron chi connectivity index (χ0n) is 6.09. The maximum atomic E-state index is 10.8. The number of nitrogens with zero attached hydrogens (tertiary/aromatic N) is 1. The van der Waals surface area contributed by atoms with Gasteiger partial charge in [0.05, 0.1) is 13.2 Å². The molecule has 1 fully saturated rings. The fourth-order valence-corrected chi connectivity index (χ4v) is 1.39. The third-order valence-corrected chi connectivity index (χ3v) is 1.77. The number of piperazine rings is 1. The molecule has 11 heavy (non-hydrogen) atoms. The van der Waals surface area contributed by atoms with Gasteiger partial charge in [0.25, 0.3) is 0 Å². The van der Waals surface area contributed by atoms with Gasteiger partial charge in [-0.2, -0.15) is 0 Å². The summed E-state index contributed by atoms with van der Waals surface area (Å²) in [7, 11) is 0. The Morgan fingerprint density at radius 2 is 2.55 bits per heavy atom. The molecule has 64 valence electrons. The van der Waals surface area contributed by atoms with Crippen molar-refractivity contribution in [2.24, 2.45) is 0 Å². The van der Waals surface area contributed by atoms with E-state index in [1.54, 1.807) is 0 Å². The Morgan fingerprint density at radius 3 is 3.09 bits per heavy atom. The van der Waals surface area contributed by atoms with Crippen molar-refractivity contribution in [3.05, 3.63) is 0 Å². The molecule has 0 aromatic heterocycles. The van der Waals surface area contributed by atoms with E-state index in [2.05, 4.69) is 5.32 Å². The molecule has 1 rings (SSSR count). The predicted octanol–water partition coefficient (Wildman–Crippen LogP) is -1.02. The summed E-state index contributed by atoms with van der Waals surface area (Å²) in [6.07, 6.45) is 0. The van der Waals surface area contributed by atoms with Crippen LogP contribution in [0.25, 0.3) is 0 Å². The van der Waals surface area contributed by atoms with Crippen LogP contribution in [0, 0.1) is 0 Å². The zero-order chi connectivity index (χ0) is 8.27. The first kappa shape index (κ1) is 8.77. The van der Waals surface area contributed by atoms with Gasteiger partial charge in [0.15, 0.2) is 0 Å². The van der Waals surface area contributed by atoms with Crippen LogP contribution in [0.5, 0.6) is 0 Å². The van der Waals surface area contributed by atoms with Crippen molar-refractivity contribution in [1.29, 1.82) is 0 Å². The first-order chi connectivity index (χ1) is 5.22. The third-order valence-electron chi connectivity index (χ3n) is 1.52. The van der Waals surface area contributed by atoms with E-state index in [1.807, 2.05) is 4.90 Å². The molecule has 5 heteroatoms. The van der Waals surface area contributed by atoms with Gasteiger partial charge in [0, 0.05) is 13.1 Å². The fraction of sp³-hybridized carbons (Fsp3) is 0.833. The summed E-state index contributed by atoms with van der Waals surface area (Å²) >= 11 is 5.69. The molecule has 1 atom stereocenters. The topological polar surface area (TPSA) is 52.6 Å². The number of rotatable bonds is 2. The number of alkyl halides is 1. The number of nitrogens with one attached hydrogen (secondary N) is 1. The van der Waals surface area contributed by atoms with E-state index >= 15 is 0 Å². The van der Waals surface area contributed by atoms with Crippen molar-refractivity contribution in [3.63, 3.8) is 0 Å². The van der Waals surface area contributed by atoms with Crippen molar-refractivity contribution in [2.75, 3.05) is 26.2 Å². The lowest BCUT2D eigenvalue weighted by molar-refractivity contribution is -0.124. The van der Waals surface area contributed by atoms with Gasteiger partial charge in [-0.3, -0.25) is 9.69 Å². The quantitative estimate of drug-likeness (QED) is 0.420. The number of aliphatic hydroxyl groups excluding tert-OH is 1. The molecule has 0 saturated carbocycles. The lowest BCUT2D eigenvalue weighted by atomic mass is 10.3. The molecule has 0 bridgehead atoms. The molecule has 0 radical (unpaired) electrons. The maximum Gasteiger partial charge on any atom is 0.235 e. The molecule has 0 aliphatic carbocycles. The Bertz CT molecular complexity index is 154. The van der Waals surface area contributed by atoms with Crippen LogP contribution in [0.3, 0.4) is 0 Å². The van der Waals surface area contributed by atoms with Crippen LogP contribution in [0.2, 0.25) is 0 Å². The van der Waals surface area contributed by atoms with E-state index in [1.165, 1.54) is 0 Å². The van der Waals surface area contributed by atoms with Gasteiger partial charge in [-0.05, 0) is 0 Å². The Hall–Kier alpha value is -0.320. The summed E-state index contributed by atoms with van der Waals surface area (Å²) in [5, 5.41) is 11.1. The summed E-state index contributed by atoms with van der Waals surface area (Å²) in [4.78, 5) is 12.7. The highest BCUT2D eigenvalue weighted by Crippen LogP contribution is 2.02. The first-order valence-corrected chi connectivity index (χ1v) is 3.92.